The summed E-state index contributed by atoms with van der Waals surface area (Å²) in [6.07, 6.45) is 1.30. The first-order valence-electron chi connectivity index (χ1n) is 4.30. The molecule has 0 unspecified atom stereocenters. The average molecular weight is 178 g/mol. The van der Waals surface area contributed by atoms with Gasteiger partial charge in [-0.3, -0.25) is 0 Å². The molecule has 0 aliphatic heterocycles. The summed E-state index contributed by atoms with van der Waals surface area (Å²) in [6, 6.07) is 5.52. The molecule has 1 rings (SSSR count). The second kappa shape index (κ2) is 4.62. The maximum absolute atomic E-state index is 8.91. The minimum absolute atomic E-state index is 0.0384. The molecule has 3 nitrogen and oxygen atoms in total. The van der Waals surface area contributed by atoms with Gasteiger partial charge in [0.25, 0.3) is 0 Å². The van der Waals surface area contributed by atoms with Crippen molar-refractivity contribution in [1.82, 2.24) is 0 Å². The molecule has 0 amide bonds. The number of anilines is 1. The lowest BCUT2D eigenvalue weighted by Gasteiger charge is -2.08. The number of rotatable bonds is 4. The van der Waals surface area contributed by atoms with Crippen molar-refractivity contribution in [3.63, 3.8) is 0 Å². The number of benzene rings is 1. The van der Waals surface area contributed by atoms with Crippen LogP contribution in [-0.2, 0) is 6.61 Å². The van der Waals surface area contributed by atoms with Gasteiger partial charge in [0.05, 0.1) is 6.61 Å². The Kier molecular flexibility index (Phi) is 3.46. The molecule has 1 aromatic carbocycles. The van der Waals surface area contributed by atoms with Gasteiger partial charge in [-0.1, -0.05) is 12.1 Å². The van der Waals surface area contributed by atoms with Gasteiger partial charge in [0.1, 0.15) is 0 Å². The quantitative estimate of drug-likeness (QED) is 0.613. The second-order valence-electron chi connectivity index (χ2n) is 2.75. The Balaban J connectivity index is 3.02. The summed E-state index contributed by atoms with van der Waals surface area (Å²) in [4.78, 5) is 0. The predicted octanol–water partition coefficient (Wildman–Crippen LogP) is 1.61. The smallest absolute Gasteiger partial charge is 0.0682 e. The van der Waals surface area contributed by atoms with Gasteiger partial charge in [0.2, 0.25) is 0 Å². The van der Waals surface area contributed by atoms with Gasteiger partial charge in [0.15, 0.2) is 0 Å². The molecule has 0 atom stereocenters. The lowest BCUT2D eigenvalue weighted by atomic mass is 10.1. The zero-order valence-electron chi connectivity index (χ0n) is 7.67. The topological polar surface area (TPSA) is 56.1 Å². The van der Waals surface area contributed by atoms with Gasteiger partial charge >= 0.3 is 0 Å². The van der Waals surface area contributed by atoms with Crippen molar-refractivity contribution in [2.75, 3.05) is 11.9 Å². The highest BCUT2D eigenvalue weighted by molar-refractivity contribution is 5.85. The molecule has 0 heterocycles. The van der Waals surface area contributed by atoms with Crippen LogP contribution in [0.2, 0.25) is 0 Å². The number of hydrogen-bond acceptors (Lipinski definition) is 3. The predicted molar refractivity (Wildman–Crippen MR) is 54.4 cm³/mol. The Bertz CT molecular complexity index is 297. The molecule has 1 aromatic rings. The molecule has 0 aromatic heterocycles. The minimum Gasteiger partial charge on any atom is -0.392 e. The highest BCUT2D eigenvalue weighted by Gasteiger charge is 1.99. The summed E-state index contributed by atoms with van der Waals surface area (Å²) in [5, 5.41) is 19.2. The molecule has 13 heavy (non-hydrogen) atoms. The molecule has 0 saturated carbocycles. The Morgan fingerprint density at radius 3 is 2.85 bits per heavy atom. The van der Waals surface area contributed by atoms with Crippen molar-refractivity contribution in [3.05, 3.63) is 29.3 Å². The first-order chi connectivity index (χ1) is 6.31. The number of aliphatic hydroxyl groups excluding tert-OH is 1. The molecule has 0 aliphatic carbocycles. The van der Waals surface area contributed by atoms with Crippen molar-refractivity contribution < 1.29 is 5.11 Å². The van der Waals surface area contributed by atoms with Crippen LogP contribution < -0.4 is 5.32 Å². The highest BCUT2D eigenvalue weighted by atomic mass is 16.3. The fourth-order valence-electron chi connectivity index (χ4n) is 1.17. The van der Waals surface area contributed by atoms with Crippen LogP contribution in [0.1, 0.15) is 18.1 Å². The third-order valence-electron chi connectivity index (χ3n) is 1.82. The standard InChI is InChI=1S/C10H14N2O/c1-2-12-10-5-8(7-13)3-4-9(10)6-11/h3-6,11-13H,2,7H2,1H3. The molecule has 3 heteroatoms. The van der Waals surface area contributed by atoms with E-state index in [0.29, 0.717) is 0 Å². The molecule has 3 N–H and O–H groups in total. The molecule has 0 fully saturated rings. The van der Waals surface area contributed by atoms with Crippen LogP contribution in [0.3, 0.4) is 0 Å². The van der Waals surface area contributed by atoms with Gasteiger partial charge in [-0.15, -0.1) is 0 Å². The van der Waals surface area contributed by atoms with Crippen molar-refractivity contribution in [2.24, 2.45) is 0 Å². The Morgan fingerprint density at radius 1 is 1.54 bits per heavy atom. The summed E-state index contributed by atoms with van der Waals surface area (Å²) in [6.45, 7) is 2.85. The first kappa shape index (κ1) is 9.74. The van der Waals surface area contributed by atoms with Crippen LogP contribution in [-0.4, -0.2) is 17.9 Å². The maximum Gasteiger partial charge on any atom is 0.0682 e. The lowest BCUT2D eigenvalue weighted by molar-refractivity contribution is 0.282. The zero-order chi connectivity index (χ0) is 9.68. The summed E-state index contributed by atoms with van der Waals surface area (Å²) in [7, 11) is 0. The van der Waals surface area contributed by atoms with Crippen LogP contribution >= 0.6 is 0 Å². The normalized spacial score (nSPS) is 9.69. The van der Waals surface area contributed by atoms with E-state index in [1.165, 1.54) is 6.21 Å². The van der Waals surface area contributed by atoms with E-state index in [4.69, 9.17) is 10.5 Å². The number of nitrogens with one attached hydrogen (secondary N) is 2. The zero-order valence-corrected chi connectivity index (χ0v) is 7.67. The van der Waals surface area contributed by atoms with Gasteiger partial charge in [-0.2, -0.15) is 0 Å². The van der Waals surface area contributed by atoms with Crippen LogP contribution in [0.4, 0.5) is 5.69 Å². The lowest BCUT2D eigenvalue weighted by Crippen LogP contribution is -2.01. The van der Waals surface area contributed by atoms with E-state index >= 15 is 0 Å². The van der Waals surface area contributed by atoms with Crippen molar-refractivity contribution >= 4 is 11.9 Å². The molecular weight excluding hydrogens is 164 g/mol. The summed E-state index contributed by atoms with van der Waals surface area (Å²) >= 11 is 0. The molecule has 70 valence electrons. The summed E-state index contributed by atoms with van der Waals surface area (Å²) in [5.41, 5.74) is 2.62. The third-order valence-corrected chi connectivity index (χ3v) is 1.82. The Labute approximate surface area is 77.9 Å². The van der Waals surface area contributed by atoms with Gasteiger partial charge in [-0.25, -0.2) is 0 Å². The summed E-state index contributed by atoms with van der Waals surface area (Å²) < 4.78 is 0. The van der Waals surface area contributed by atoms with Crippen LogP contribution in [0.5, 0.6) is 0 Å². The monoisotopic (exact) mass is 178 g/mol. The van der Waals surface area contributed by atoms with E-state index in [1.54, 1.807) is 0 Å². The maximum atomic E-state index is 8.91. The van der Waals surface area contributed by atoms with E-state index in [2.05, 4.69) is 5.32 Å². The highest BCUT2D eigenvalue weighted by Crippen LogP contribution is 2.15. The van der Waals surface area contributed by atoms with Crippen molar-refractivity contribution in [3.8, 4) is 0 Å². The van der Waals surface area contributed by atoms with Crippen LogP contribution in [0.15, 0.2) is 18.2 Å². The Morgan fingerprint density at radius 2 is 2.31 bits per heavy atom. The van der Waals surface area contributed by atoms with Gasteiger partial charge < -0.3 is 15.8 Å². The molecule has 0 bridgehead atoms. The minimum atomic E-state index is 0.0384. The van der Waals surface area contributed by atoms with Crippen molar-refractivity contribution in [1.29, 1.82) is 5.41 Å². The van der Waals surface area contributed by atoms with Crippen molar-refractivity contribution in [2.45, 2.75) is 13.5 Å². The SMILES string of the molecule is CCNc1cc(CO)ccc1C=N. The number of aliphatic hydroxyl groups is 1. The third kappa shape index (κ3) is 2.29. The Hall–Kier alpha value is -1.35. The molecule has 0 radical (unpaired) electrons. The number of hydrogen-bond donors (Lipinski definition) is 3. The van der Waals surface area contributed by atoms with Gasteiger partial charge in [-0.05, 0) is 18.6 Å². The molecular formula is C10H14N2O. The fraction of sp³-hybridized carbons (Fsp3) is 0.300. The van der Waals surface area contributed by atoms with Crippen LogP contribution in [0, 0.1) is 5.41 Å². The largest absolute Gasteiger partial charge is 0.392 e. The van der Waals surface area contributed by atoms with Crippen LogP contribution in [0.25, 0.3) is 0 Å². The van der Waals surface area contributed by atoms with E-state index in [9.17, 15) is 0 Å². The van der Waals surface area contributed by atoms with E-state index < -0.39 is 0 Å². The summed E-state index contributed by atoms with van der Waals surface area (Å²) in [5.74, 6) is 0. The molecule has 0 aliphatic rings. The molecule has 0 spiro atoms. The average Bonchev–Trinajstić information content (AvgIpc) is 2.18. The second-order valence-corrected chi connectivity index (χ2v) is 2.75. The van der Waals surface area contributed by atoms with E-state index in [-0.39, 0.29) is 6.61 Å². The van der Waals surface area contributed by atoms with E-state index in [0.717, 1.165) is 23.4 Å². The first-order valence-corrected chi connectivity index (χ1v) is 4.30. The van der Waals surface area contributed by atoms with Gasteiger partial charge in [0, 0.05) is 24.0 Å². The molecule has 0 saturated heterocycles. The van der Waals surface area contributed by atoms with E-state index in [1.807, 2.05) is 25.1 Å². The fourth-order valence-corrected chi connectivity index (χ4v) is 1.17.